The first kappa shape index (κ1) is 17.4. The molecule has 3 nitrogen and oxygen atoms in total. The van der Waals surface area contributed by atoms with Gasteiger partial charge in [0.25, 0.3) is 5.91 Å². The Hall–Kier alpha value is -2.00. The topological polar surface area (TPSA) is 38.3 Å². The molecule has 0 heterocycles. The summed E-state index contributed by atoms with van der Waals surface area (Å²) in [7, 11) is 0. The number of hydrogen-bond acceptors (Lipinski definition) is 2. The molecule has 2 atom stereocenters. The Kier molecular flexibility index (Phi) is 6.48. The van der Waals surface area contributed by atoms with Gasteiger partial charge in [-0.2, -0.15) is 0 Å². The van der Waals surface area contributed by atoms with Crippen LogP contribution in [0.2, 0.25) is 5.02 Å². The molecule has 0 bridgehead atoms. The van der Waals surface area contributed by atoms with Crippen LogP contribution in [0.15, 0.2) is 54.6 Å². The molecule has 1 N–H and O–H groups in total. The Morgan fingerprint density at radius 3 is 2.43 bits per heavy atom. The van der Waals surface area contributed by atoms with Crippen LogP contribution in [-0.4, -0.2) is 12.0 Å². The first-order valence-electron chi connectivity index (χ1n) is 7.91. The second-order valence-electron chi connectivity index (χ2n) is 5.35. The predicted molar refractivity (Wildman–Crippen MR) is 93.8 cm³/mol. The van der Waals surface area contributed by atoms with Gasteiger partial charge in [-0.3, -0.25) is 4.79 Å². The lowest BCUT2D eigenvalue weighted by Gasteiger charge is -2.22. The minimum atomic E-state index is -0.536. The Balaban J connectivity index is 2.04. The molecular weight excluding hydrogens is 310 g/mol. The predicted octanol–water partition coefficient (Wildman–Crippen LogP) is 4.76. The Morgan fingerprint density at radius 1 is 1.09 bits per heavy atom. The van der Waals surface area contributed by atoms with Crippen molar-refractivity contribution in [3.05, 3.63) is 65.2 Å². The summed E-state index contributed by atoms with van der Waals surface area (Å²) in [6.07, 6.45) is 0.874. The maximum absolute atomic E-state index is 12.5. The summed E-state index contributed by atoms with van der Waals surface area (Å²) in [5, 5.41) is 3.66. The van der Waals surface area contributed by atoms with Gasteiger partial charge in [-0.25, -0.2) is 0 Å². The van der Waals surface area contributed by atoms with Crippen molar-refractivity contribution in [2.45, 2.75) is 38.8 Å². The molecule has 122 valence electrons. The van der Waals surface area contributed by atoms with E-state index in [1.165, 1.54) is 0 Å². The zero-order chi connectivity index (χ0) is 16.7. The summed E-state index contributed by atoms with van der Waals surface area (Å²) in [4.78, 5) is 12.5. The van der Waals surface area contributed by atoms with Gasteiger partial charge in [0.1, 0.15) is 5.75 Å². The molecule has 0 unspecified atom stereocenters. The van der Waals surface area contributed by atoms with E-state index in [1.54, 1.807) is 24.3 Å². The summed E-state index contributed by atoms with van der Waals surface area (Å²) >= 11 is 5.96. The number of hydrogen-bond donors (Lipinski definition) is 1. The van der Waals surface area contributed by atoms with Crippen LogP contribution in [0.4, 0.5) is 0 Å². The molecular formula is C19H22ClNO2. The largest absolute Gasteiger partial charge is 0.481 e. The van der Waals surface area contributed by atoms with Gasteiger partial charge in [0, 0.05) is 5.02 Å². The average Bonchev–Trinajstić information content (AvgIpc) is 2.58. The number of rotatable bonds is 7. The van der Waals surface area contributed by atoms with E-state index in [0.29, 0.717) is 17.2 Å². The van der Waals surface area contributed by atoms with Gasteiger partial charge in [-0.1, -0.05) is 61.8 Å². The smallest absolute Gasteiger partial charge is 0.261 e. The number of benzene rings is 2. The number of amides is 1. The second kappa shape index (κ2) is 8.59. The lowest BCUT2D eigenvalue weighted by atomic mass is 10.0. The molecule has 2 rings (SSSR count). The third-order valence-corrected chi connectivity index (χ3v) is 3.90. The molecule has 0 fully saturated rings. The van der Waals surface area contributed by atoms with Crippen LogP contribution in [0.1, 0.15) is 38.3 Å². The normalized spacial score (nSPS) is 13.2. The standard InChI is InChI=1S/C19H22ClNO2/c1-3-17(14-9-6-5-7-10-14)21-19(22)18(4-2)23-16-12-8-11-15(20)13-16/h5-13,17-18H,3-4H2,1-2H3,(H,21,22)/t17-,18+/m1/s1. The minimum absolute atomic E-state index is 0.0132. The van der Waals surface area contributed by atoms with Crippen LogP contribution in [0.5, 0.6) is 5.75 Å². The molecule has 0 saturated heterocycles. The number of carbonyl (C=O) groups is 1. The number of carbonyl (C=O) groups excluding carboxylic acids is 1. The molecule has 1 amide bonds. The van der Waals surface area contributed by atoms with Crippen molar-refractivity contribution in [1.82, 2.24) is 5.32 Å². The van der Waals surface area contributed by atoms with Gasteiger partial charge in [0.15, 0.2) is 6.10 Å². The molecule has 0 spiro atoms. The molecule has 23 heavy (non-hydrogen) atoms. The Morgan fingerprint density at radius 2 is 1.83 bits per heavy atom. The van der Waals surface area contributed by atoms with Crippen LogP contribution >= 0.6 is 11.6 Å². The highest BCUT2D eigenvalue weighted by Crippen LogP contribution is 2.20. The van der Waals surface area contributed by atoms with Crippen LogP contribution in [0.25, 0.3) is 0 Å². The van der Waals surface area contributed by atoms with E-state index in [9.17, 15) is 4.79 Å². The van der Waals surface area contributed by atoms with Gasteiger partial charge in [0.05, 0.1) is 6.04 Å². The molecule has 0 saturated carbocycles. The first-order valence-corrected chi connectivity index (χ1v) is 8.29. The Labute approximate surface area is 142 Å². The van der Waals surface area contributed by atoms with Crippen LogP contribution in [0.3, 0.4) is 0 Å². The summed E-state index contributed by atoms with van der Waals surface area (Å²) in [5.74, 6) is 0.496. The third kappa shape index (κ3) is 5.00. The maximum Gasteiger partial charge on any atom is 0.261 e. The SMILES string of the molecule is CC[C@H](Oc1cccc(Cl)c1)C(=O)N[C@H](CC)c1ccccc1. The fourth-order valence-corrected chi connectivity index (χ4v) is 2.58. The zero-order valence-electron chi connectivity index (χ0n) is 13.5. The first-order chi connectivity index (χ1) is 11.1. The second-order valence-corrected chi connectivity index (χ2v) is 5.79. The van der Waals surface area contributed by atoms with Gasteiger partial charge in [-0.15, -0.1) is 0 Å². The fourth-order valence-electron chi connectivity index (χ4n) is 2.40. The summed E-state index contributed by atoms with van der Waals surface area (Å²) < 4.78 is 5.79. The van der Waals surface area contributed by atoms with Crippen LogP contribution < -0.4 is 10.1 Å². The van der Waals surface area contributed by atoms with Crippen molar-refractivity contribution >= 4 is 17.5 Å². The van der Waals surface area contributed by atoms with Crippen LogP contribution in [-0.2, 0) is 4.79 Å². The van der Waals surface area contributed by atoms with E-state index in [-0.39, 0.29) is 11.9 Å². The van der Waals surface area contributed by atoms with Crippen molar-refractivity contribution in [2.75, 3.05) is 0 Å². The third-order valence-electron chi connectivity index (χ3n) is 3.66. The minimum Gasteiger partial charge on any atom is -0.481 e. The summed E-state index contributed by atoms with van der Waals surface area (Å²) in [6.45, 7) is 3.98. The molecule has 2 aromatic carbocycles. The maximum atomic E-state index is 12.5. The van der Waals surface area contributed by atoms with Gasteiger partial charge >= 0.3 is 0 Å². The van der Waals surface area contributed by atoms with Crippen molar-refractivity contribution in [1.29, 1.82) is 0 Å². The highest BCUT2D eigenvalue weighted by molar-refractivity contribution is 6.30. The number of nitrogens with one attached hydrogen (secondary N) is 1. The van der Waals surface area contributed by atoms with E-state index in [1.807, 2.05) is 37.3 Å². The highest BCUT2D eigenvalue weighted by Gasteiger charge is 2.21. The number of ether oxygens (including phenoxy) is 1. The molecule has 0 aromatic heterocycles. The molecule has 0 aliphatic rings. The lowest BCUT2D eigenvalue weighted by molar-refractivity contribution is -0.128. The van der Waals surface area contributed by atoms with E-state index in [2.05, 4.69) is 12.2 Å². The van der Waals surface area contributed by atoms with Crippen molar-refractivity contribution < 1.29 is 9.53 Å². The fraction of sp³-hybridized carbons (Fsp3) is 0.316. The summed E-state index contributed by atoms with van der Waals surface area (Å²) in [5.41, 5.74) is 1.10. The average molecular weight is 332 g/mol. The number of halogens is 1. The van der Waals surface area contributed by atoms with Gasteiger partial charge in [0.2, 0.25) is 0 Å². The van der Waals surface area contributed by atoms with Crippen LogP contribution in [0, 0.1) is 0 Å². The molecule has 0 aliphatic heterocycles. The molecule has 0 radical (unpaired) electrons. The van der Waals surface area contributed by atoms with E-state index in [0.717, 1.165) is 12.0 Å². The monoisotopic (exact) mass is 331 g/mol. The lowest BCUT2D eigenvalue weighted by Crippen LogP contribution is -2.39. The van der Waals surface area contributed by atoms with E-state index >= 15 is 0 Å². The summed E-state index contributed by atoms with van der Waals surface area (Å²) in [6, 6.07) is 17.0. The van der Waals surface area contributed by atoms with Gasteiger partial charge in [-0.05, 0) is 36.6 Å². The van der Waals surface area contributed by atoms with E-state index in [4.69, 9.17) is 16.3 Å². The Bertz CT molecular complexity index is 630. The zero-order valence-corrected chi connectivity index (χ0v) is 14.2. The highest BCUT2D eigenvalue weighted by atomic mass is 35.5. The van der Waals surface area contributed by atoms with Crippen molar-refractivity contribution in [3.63, 3.8) is 0 Å². The van der Waals surface area contributed by atoms with E-state index < -0.39 is 6.10 Å². The molecule has 0 aliphatic carbocycles. The molecule has 4 heteroatoms. The van der Waals surface area contributed by atoms with Crippen molar-refractivity contribution in [2.24, 2.45) is 0 Å². The molecule has 2 aromatic rings. The quantitative estimate of drug-likeness (QED) is 0.794. The van der Waals surface area contributed by atoms with Gasteiger partial charge < -0.3 is 10.1 Å². The van der Waals surface area contributed by atoms with Crippen molar-refractivity contribution in [3.8, 4) is 5.75 Å².